The van der Waals surface area contributed by atoms with E-state index in [0.29, 0.717) is 0 Å². The van der Waals surface area contributed by atoms with Crippen molar-refractivity contribution in [3.8, 4) is 34.3 Å². The number of benzene rings is 2. The molecule has 3 aromatic rings. The van der Waals surface area contributed by atoms with Gasteiger partial charge in [0.15, 0.2) is 22.7 Å². The van der Waals surface area contributed by atoms with Gasteiger partial charge in [0.2, 0.25) is 6.29 Å². The highest BCUT2D eigenvalue weighted by Gasteiger charge is 2.45. The second-order valence-corrected chi connectivity index (χ2v) is 8.82. The van der Waals surface area contributed by atoms with E-state index in [-0.39, 0.29) is 28.0 Å². The second kappa shape index (κ2) is 9.55. The van der Waals surface area contributed by atoms with Crippen LogP contribution in [0.1, 0.15) is 0 Å². The lowest BCUT2D eigenvalue weighted by molar-refractivity contribution is -0.277. The minimum atomic E-state index is -4.93. The molecule has 1 fully saturated rings. The summed E-state index contributed by atoms with van der Waals surface area (Å²) in [5, 5.41) is 59.3. The van der Waals surface area contributed by atoms with Gasteiger partial charge in [-0.3, -0.25) is 9.35 Å². The Morgan fingerprint density at radius 3 is 2.33 bits per heavy atom. The normalized spacial score (nSPS) is 24.5. The first-order chi connectivity index (χ1) is 16.9. The van der Waals surface area contributed by atoms with Gasteiger partial charge in [0.1, 0.15) is 46.9 Å². The second-order valence-electron chi connectivity index (χ2n) is 7.80. The fourth-order valence-electron chi connectivity index (χ4n) is 3.61. The first-order valence-corrected chi connectivity index (χ1v) is 11.5. The number of fused-ring (bicyclic) bond motifs is 1. The van der Waals surface area contributed by atoms with Crippen molar-refractivity contribution in [1.29, 1.82) is 0 Å². The molecule has 36 heavy (non-hydrogen) atoms. The maximum atomic E-state index is 12.6. The first-order valence-electron chi connectivity index (χ1n) is 10.2. The predicted molar refractivity (Wildman–Crippen MR) is 118 cm³/mol. The van der Waals surface area contributed by atoms with Gasteiger partial charge in [0, 0.05) is 23.8 Å². The highest BCUT2D eigenvalue weighted by Crippen LogP contribution is 2.36. The summed E-state index contributed by atoms with van der Waals surface area (Å²) in [7, 11) is -4.93. The van der Waals surface area contributed by atoms with E-state index < -0.39 is 70.4 Å². The lowest BCUT2D eigenvalue weighted by atomic mass is 9.99. The molecule has 4 rings (SSSR count). The van der Waals surface area contributed by atoms with Crippen LogP contribution in [0.25, 0.3) is 22.3 Å². The number of hydrogen-bond acceptors (Lipinski definition) is 13. The molecule has 0 aliphatic carbocycles. The molecule has 194 valence electrons. The predicted octanol–water partition coefficient (Wildman–Crippen LogP) is -0.769. The number of aliphatic hydroxyl groups excluding tert-OH is 4. The Morgan fingerprint density at radius 1 is 0.944 bits per heavy atom. The summed E-state index contributed by atoms with van der Waals surface area (Å²) in [5.41, 5.74) is -0.903. The maximum absolute atomic E-state index is 12.6. The van der Waals surface area contributed by atoms with E-state index in [4.69, 9.17) is 18.4 Å². The van der Waals surface area contributed by atoms with E-state index in [1.54, 1.807) is 0 Å². The molecule has 15 heteroatoms. The topological polar surface area (TPSA) is 234 Å². The van der Waals surface area contributed by atoms with Crippen molar-refractivity contribution in [1.82, 2.24) is 0 Å². The van der Waals surface area contributed by atoms with Crippen molar-refractivity contribution >= 4 is 21.4 Å². The van der Waals surface area contributed by atoms with E-state index in [1.807, 2.05) is 0 Å². The smallest absolute Gasteiger partial charge is 0.446 e. The summed E-state index contributed by atoms with van der Waals surface area (Å²) >= 11 is 0. The molecule has 1 aliphatic heterocycles. The van der Waals surface area contributed by atoms with Crippen LogP contribution in [0.3, 0.4) is 0 Å². The molecule has 5 atom stereocenters. The molecule has 0 spiro atoms. The van der Waals surface area contributed by atoms with Gasteiger partial charge in [0.05, 0.1) is 6.61 Å². The zero-order chi connectivity index (χ0) is 26.4. The number of phenols is 2. The van der Waals surface area contributed by atoms with Crippen LogP contribution in [-0.4, -0.2) is 80.9 Å². The van der Waals surface area contributed by atoms with E-state index in [2.05, 4.69) is 4.18 Å². The Hall–Kier alpha value is -3.44. The SMILES string of the molecule is O=c1cc(-c2ccc(O)c(O[C@@H]3OC(CO)[C@@H](O)C(O)C3O)c2)oc2cc(OS(=O)(=O)O)cc(O)c12. The number of rotatable bonds is 6. The zero-order valence-corrected chi connectivity index (χ0v) is 18.8. The van der Waals surface area contributed by atoms with Crippen LogP contribution in [0.15, 0.2) is 45.6 Å². The highest BCUT2D eigenvalue weighted by molar-refractivity contribution is 7.81. The summed E-state index contributed by atoms with van der Waals surface area (Å²) in [5.74, 6) is -2.09. The monoisotopic (exact) mass is 528 g/mol. The Kier molecular flexibility index (Phi) is 6.80. The molecule has 1 saturated heterocycles. The van der Waals surface area contributed by atoms with Gasteiger partial charge in [-0.05, 0) is 18.2 Å². The molecule has 7 N–H and O–H groups in total. The van der Waals surface area contributed by atoms with Crippen LogP contribution < -0.4 is 14.3 Å². The van der Waals surface area contributed by atoms with E-state index in [1.165, 1.54) is 12.1 Å². The molecule has 2 heterocycles. The largest absolute Gasteiger partial charge is 0.507 e. The van der Waals surface area contributed by atoms with Gasteiger partial charge in [0.25, 0.3) is 0 Å². The Morgan fingerprint density at radius 2 is 1.67 bits per heavy atom. The summed E-state index contributed by atoms with van der Waals surface area (Å²) < 4.78 is 51.4. The molecular weight excluding hydrogens is 508 g/mol. The van der Waals surface area contributed by atoms with Crippen molar-refractivity contribution in [3.63, 3.8) is 0 Å². The molecule has 1 aromatic heterocycles. The van der Waals surface area contributed by atoms with Gasteiger partial charge in [-0.25, -0.2) is 0 Å². The molecule has 0 radical (unpaired) electrons. The van der Waals surface area contributed by atoms with Crippen molar-refractivity contribution in [3.05, 3.63) is 46.6 Å². The molecule has 14 nitrogen and oxygen atoms in total. The van der Waals surface area contributed by atoms with E-state index in [9.17, 15) is 43.9 Å². The Labute approximate surface area is 201 Å². The van der Waals surface area contributed by atoms with Gasteiger partial charge in [-0.2, -0.15) is 8.42 Å². The van der Waals surface area contributed by atoms with Crippen LogP contribution in [0.5, 0.6) is 23.0 Å². The molecule has 0 bridgehead atoms. The zero-order valence-electron chi connectivity index (χ0n) is 18.0. The first kappa shape index (κ1) is 25.6. The third-order valence-corrected chi connectivity index (χ3v) is 5.72. The quantitative estimate of drug-likeness (QED) is 0.195. The number of phenolic OH excluding ortho intramolecular Hbond substituents is 2. The van der Waals surface area contributed by atoms with Crippen molar-refractivity contribution in [2.75, 3.05) is 6.61 Å². The summed E-state index contributed by atoms with van der Waals surface area (Å²) in [6.07, 6.45) is -7.97. The van der Waals surface area contributed by atoms with Gasteiger partial charge >= 0.3 is 10.4 Å². The number of hydrogen-bond donors (Lipinski definition) is 7. The van der Waals surface area contributed by atoms with Gasteiger partial charge < -0.3 is 48.7 Å². The van der Waals surface area contributed by atoms with Crippen molar-refractivity contribution in [2.24, 2.45) is 0 Å². The average Bonchev–Trinajstić information content (AvgIpc) is 2.79. The summed E-state index contributed by atoms with van der Waals surface area (Å²) in [6.45, 7) is -0.699. The van der Waals surface area contributed by atoms with Gasteiger partial charge in [-0.1, -0.05) is 0 Å². The van der Waals surface area contributed by atoms with Crippen LogP contribution in [0.4, 0.5) is 0 Å². The fraction of sp³-hybridized carbons (Fsp3) is 0.286. The Bertz CT molecular complexity index is 1450. The third kappa shape index (κ3) is 5.07. The van der Waals surface area contributed by atoms with E-state index in [0.717, 1.165) is 24.3 Å². The minimum Gasteiger partial charge on any atom is -0.507 e. The molecule has 0 saturated carbocycles. The molecule has 3 unspecified atom stereocenters. The van der Waals surface area contributed by atoms with Crippen molar-refractivity contribution in [2.45, 2.75) is 30.7 Å². The lowest BCUT2D eigenvalue weighted by Gasteiger charge is -2.39. The fourth-order valence-corrected chi connectivity index (χ4v) is 3.95. The highest BCUT2D eigenvalue weighted by atomic mass is 32.3. The van der Waals surface area contributed by atoms with Crippen LogP contribution in [-0.2, 0) is 15.1 Å². The van der Waals surface area contributed by atoms with E-state index >= 15 is 0 Å². The lowest BCUT2D eigenvalue weighted by Crippen LogP contribution is -2.60. The minimum absolute atomic E-state index is 0.130. The van der Waals surface area contributed by atoms with Crippen LogP contribution in [0.2, 0.25) is 0 Å². The molecule has 1 aliphatic rings. The van der Waals surface area contributed by atoms with Crippen LogP contribution in [0, 0.1) is 0 Å². The van der Waals surface area contributed by atoms with Crippen molar-refractivity contribution < 1.29 is 61.7 Å². The van der Waals surface area contributed by atoms with Crippen LogP contribution >= 0.6 is 0 Å². The molecule has 2 aromatic carbocycles. The number of aromatic hydroxyl groups is 2. The standard InChI is InChI=1S/C21H20O14S/c22-7-16-18(26)19(27)20(28)21(34-16)33-14-3-8(1-2-10(14)23)13-6-12(25)17-11(24)4-9(5-15(17)32-13)35-36(29,30)31/h1-6,16,18-24,26-28H,7H2,(H,29,30,31)/t16?,18-,19?,20?,21-/m1/s1. The summed E-state index contributed by atoms with van der Waals surface area (Å²) in [6, 6.07) is 6.38. The summed E-state index contributed by atoms with van der Waals surface area (Å²) in [4.78, 5) is 12.6. The average molecular weight is 528 g/mol. The molecule has 0 amide bonds. The Balaban J connectivity index is 1.71. The third-order valence-electron chi connectivity index (χ3n) is 5.32. The number of aliphatic hydroxyl groups is 4. The number of ether oxygens (including phenoxy) is 2. The van der Waals surface area contributed by atoms with Gasteiger partial charge in [-0.15, -0.1) is 0 Å². The molecular formula is C21H20O14S. The maximum Gasteiger partial charge on any atom is 0.446 e.